The van der Waals surface area contributed by atoms with Gasteiger partial charge in [0, 0.05) is 5.69 Å². The molecule has 4 heteroatoms. The molecule has 1 atom stereocenters. The molecule has 1 unspecified atom stereocenters. The molecule has 1 aromatic heterocycles. The van der Waals surface area contributed by atoms with E-state index in [9.17, 15) is 4.79 Å². The first-order valence-corrected chi connectivity index (χ1v) is 4.18. The average molecular weight is 177 g/mol. The van der Waals surface area contributed by atoms with Gasteiger partial charge in [0.05, 0.1) is 18.4 Å². The van der Waals surface area contributed by atoms with E-state index in [0.29, 0.717) is 6.54 Å². The third-order valence-corrected chi connectivity index (χ3v) is 2.17. The fraction of sp³-hybridized carbons (Fsp3) is 0.333. The van der Waals surface area contributed by atoms with E-state index in [0.717, 1.165) is 11.4 Å². The van der Waals surface area contributed by atoms with Gasteiger partial charge in [0.1, 0.15) is 6.04 Å². The lowest BCUT2D eigenvalue weighted by Crippen LogP contribution is -2.61. The number of rotatable bonds is 1. The number of β-lactam (4-membered cyclic amide) rings is 1. The molecule has 4 nitrogen and oxygen atoms in total. The molecule has 2 N–H and O–H groups in total. The highest BCUT2D eigenvalue weighted by Crippen LogP contribution is 2.19. The third kappa shape index (κ3) is 1.29. The zero-order chi connectivity index (χ0) is 9.42. The number of aryl methyl sites for hydroxylation is 1. The first-order chi connectivity index (χ1) is 6.18. The van der Waals surface area contributed by atoms with E-state index in [2.05, 4.69) is 4.98 Å². The van der Waals surface area contributed by atoms with Gasteiger partial charge in [-0.15, -0.1) is 0 Å². The first kappa shape index (κ1) is 8.19. The lowest BCUT2D eigenvalue weighted by Gasteiger charge is -2.35. The maximum absolute atomic E-state index is 11.2. The van der Waals surface area contributed by atoms with Gasteiger partial charge < -0.3 is 10.6 Å². The van der Waals surface area contributed by atoms with Crippen molar-refractivity contribution < 1.29 is 4.79 Å². The maximum Gasteiger partial charge on any atom is 0.245 e. The van der Waals surface area contributed by atoms with Gasteiger partial charge in [-0.05, 0) is 19.1 Å². The quantitative estimate of drug-likeness (QED) is 0.617. The molecular weight excluding hydrogens is 166 g/mol. The van der Waals surface area contributed by atoms with Crippen molar-refractivity contribution in [3.63, 3.8) is 0 Å². The van der Waals surface area contributed by atoms with E-state index in [-0.39, 0.29) is 11.9 Å². The fourth-order valence-electron chi connectivity index (χ4n) is 1.30. The number of aromatic nitrogens is 1. The van der Waals surface area contributed by atoms with Crippen molar-refractivity contribution in [2.24, 2.45) is 5.73 Å². The van der Waals surface area contributed by atoms with Gasteiger partial charge in [0.2, 0.25) is 5.91 Å². The highest BCUT2D eigenvalue weighted by Gasteiger charge is 2.34. The molecular formula is C9H11N3O. The van der Waals surface area contributed by atoms with Crippen LogP contribution in [-0.4, -0.2) is 23.5 Å². The number of hydrogen-bond acceptors (Lipinski definition) is 3. The number of carbonyl (C=O) groups excluding carboxylic acids is 1. The first-order valence-electron chi connectivity index (χ1n) is 4.18. The Hall–Kier alpha value is -1.42. The molecule has 2 heterocycles. The molecule has 1 aromatic rings. The Labute approximate surface area is 76.4 Å². The number of pyridine rings is 1. The van der Waals surface area contributed by atoms with Crippen LogP contribution in [0.2, 0.25) is 0 Å². The van der Waals surface area contributed by atoms with Gasteiger partial charge in [-0.25, -0.2) is 0 Å². The van der Waals surface area contributed by atoms with Crippen molar-refractivity contribution in [2.45, 2.75) is 13.0 Å². The van der Waals surface area contributed by atoms with Crippen molar-refractivity contribution in [1.82, 2.24) is 4.98 Å². The van der Waals surface area contributed by atoms with Crippen LogP contribution in [0.3, 0.4) is 0 Å². The smallest absolute Gasteiger partial charge is 0.245 e. The van der Waals surface area contributed by atoms with Crippen molar-refractivity contribution in [3.8, 4) is 0 Å². The molecule has 0 aromatic carbocycles. The van der Waals surface area contributed by atoms with Crippen molar-refractivity contribution >= 4 is 11.6 Å². The third-order valence-electron chi connectivity index (χ3n) is 2.17. The normalized spacial score (nSPS) is 21.5. The molecule has 0 bridgehead atoms. The summed E-state index contributed by atoms with van der Waals surface area (Å²) in [6, 6.07) is 3.44. The van der Waals surface area contributed by atoms with Gasteiger partial charge in [0.25, 0.3) is 0 Å². The second-order valence-electron chi connectivity index (χ2n) is 3.21. The average Bonchev–Trinajstić information content (AvgIpc) is 2.15. The fourth-order valence-corrected chi connectivity index (χ4v) is 1.30. The van der Waals surface area contributed by atoms with E-state index in [1.807, 2.05) is 19.1 Å². The highest BCUT2D eigenvalue weighted by atomic mass is 16.2. The monoisotopic (exact) mass is 177 g/mol. The SMILES string of the molecule is Cc1ccc(N2CC(N)C2=O)cn1. The van der Waals surface area contributed by atoms with Crippen LogP contribution >= 0.6 is 0 Å². The van der Waals surface area contributed by atoms with Crippen LogP contribution in [0.15, 0.2) is 18.3 Å². The van der Waals surface area contributed by atoms with Crippen molar-refractivity contribution in [3.05, 3.63) is 24.0 Å². The minimum atomic E-state index is -0.318. The van der Waals surface area contributed by atoms with Gasteiger partial charge in [-0.2, -0.15) is 0 Å². The van der Waals surface area contributed by atoms with Crippen LogP contribution in [0.5, 0.6) is 0 Å². The minimum Gasteiger partial charge on any atom is -0.318 e. The predicted octanol–water partition coefficient (Wildman–Crippen LogP) is 0.0639. The Morgan fingerprint density at radius 3 is 2.85 bits per heavy atom. The largest absolute Gasteiger partial charge is 0.318 e. The van der Waals surface area contributed by atoms with Crippen LogP contribution in [0.25, 0.3) is 0 Å². The number of nitrogens with zero attached hydrogens (tertiary/aromatic N) is 2. The molecule has 0 saturated carbocycles. The Morgan fingerprint density at radius 2 is 2.38 bits per heavy atom. The van der Waals surface area contributed by atoms with Gasteiger partial charge >= 0.3 is 0 Å². The molecule has 1 aliphatic heterocycles. The van der Waals surface area contributed by atoms with Gasteiger partial charge in [0.15, 0.2) is 0 Å². The van der Waals surface area contributed by atoms with Crippen molar-refractivity contribution in [2.75, 3.05) is 11.4 Å². The summed E-state index contributed by atoms with van der Waals surface area (Å²) in [5.41, 5.74) is 7.24. The lowest BCUT2D eigenvalue weighted by atomic mass is 10.1. The van der Waals surface area contributed by atoms with Crippen LogP contribution in [-0.2, 0) is 4.79 Å². The summed E-state index contributed by atoms with van der Waals surface area (Å²) in [6.45, 7) is 2.51. The van der Waals surface area contributed by atoms with E-state index in [1.165, 1.54) is 0 Å². The molecule has 68 valence electrons. The molecule has 1 aliphatic rings. The number of nitrogens with two attached hydrogens (primary N) is 1. The zero-order valence-corrected chi connectivity index (χ0v) is 7.40. The zero-order valence-electron chi connectivity index (χ0n) is 7.40. The summed E-state index contributed by atoms with van der Waals surface area (Å²) in [6.07, 6.45) is 1.69. The molecule has 0 aliphatic carbocycles. The molecule has 1 saturated heterocycles. The standard InChI is InChI=1S/C9H11N3O/c1-6-2-3-7(4-11-6)12-5-8(10)9(12)13/h2-4,8H,5,10H2,1H3. The van der Waals surface area contributed by atoms with Crippen LogP contribution in [0.1, 0.15) is 5.69 Å². The number of anilines is 1. The van der Waals surface area contributed by atoms with Gasteiger partial charge in [-0.3, -0.25) is 9.78 Å². The Morgan fingerprint density at radius 1 is 1.62 bits per heavy atom. The molecule has 0 radical (unpaired) electrons. The van der Waals surface area contributed by atoms with Crippen LogP contribution in [0, 0.1) is 6.92 Å². The van der Waals surface area contributed by atoms with E-state index in [4.69, 9.17) is 5.73 Å². The van der Waals surface area contributed by atoms with E-state index in [1.54, 1.807) is 11.1 Å². The van der Waals surface area contributed by atoms with E-state index >= 15 is 0 Å². The number of hydrogen-bond donors (Lipinski definition) is 1. The number of carbonyl (C=O) groups is 1. The van der Waals surface area contributed by atoms with Gasteiger partial charge in [-0.1, -0.05) is 0 Å². The lowest BCUT2D eigenvalue weighted by molar-refractivity contribution is -0.123. The summed E-state index contributed by atoms with van der Waals surface area (Å²) in [5.74, 6) is -0.0225. The Balaban J connectivity index is 2.19. The second kappa shape index (κ2) is 2.81. The van der Waals surface area contributed by atoms with E-state index < -0.39 is 0 Å². The number of amides is 1. The summed E-state index contributed by atoms with van der Waals surface area (Å²) in [4.78, 5) is 17.0. The second-order valence-corrected chi connectivity index (χ2v) is 3.21. The van der Waals surface area contributed by atoms with Crippen molar-refractivity contribution in [1.29, 1.82) is 0 Å². The minimum absolute atomic E-state index is 0.0225. The molecule has 1 amide bonds. The molecule has 1 fully saturated rings. The molecule has 13 heavy (non-hydrogen) atoms. The highest BCUT2D eigenvalue weighted by molar-refractivity contribution is 6.03. The summed E-state index contributed by atoms with van der Waals surface area (Å²) in [7, 11) is 0. The summed E-state index contributed by atoms with van der Waals surface area (Å²) in [5, 5.41) is 0. The van der Waals surface area contributed by atoms with Crippen LogP contribution < -0.4 is 10.6 Å². The van der Waals surface area contributed by atoms with Crippen LogP contribution in [0.4, 0.5) is 5.69 Å². The maximum atomic E-state index is 11.2. The molecule has 0 spiro atoms. The topological polar surface area (TPSA) is 59.2 Å². The summed E-state index contributed by atoms with van der Waals surface area (Å²) < 4.78 is 0. The Bertz CT molecular complexity index is 333. The Kier molecular flexibility index (Phi) is 1.77. The molecule has 2 rings (SSSR count). The summed E-state index contributed by atoms with van der Waals surface area (Å²) >= 11 is 0. The predicted molar refractivity (Wildman–Crippen MR) is 49.3 cm³/mol.